The molecule has 3 unspecified atom stereocenters. The third-order valence-electron chi connectivity index (χ3n) is 5.57. The molecule has 0 spiro atoms. The molecule has 0 saturated heterocycles. The summed E-state index contributed by atoms with van der Waals surface area (Å²) >= 11 is 0. The predicted molar refractivity (Wildman–Crippen MR) is 92.4 cm³/mol. The lowest BCUT2D eigenvalue weighted by Crippen LogP contribution is -2.33. The van der Waals surface area contributed by atoms with Gasteiger partial charge < -0.3 is 5.73 Å². The van der Waals surface area contributed by atoms with Crippen LogP contribution in [0.15, 0.2) is 24.3 Å². The summed E-state index contributed by atoms with van der Waals surface area (Å²) in [6, 6.07) is 9.28. The highest BCUT2D eigenvalue weighted by Crippen LogP contribution is 2.38. The average molecular weight is 287 g/mol. The lowest BCUT2D eigenvalue weighted by molar-refractivity contribution is 0.151. The van der Waals surface area contributed by atoms with Gasteiger partial charge in [0.25, 0.3) is 0 Å². The lowest BCUT2D eigenvalue weighted by Gasteiger charge is -2.37. The number of benzene rings is 1. The van der Waals surface area contributed by atoms with Crippen molar-refractivity contribution >= 4 is 0 Å². The van der Waals surface area contributed by atoms with E-state index in [0.717, 1.165) is 30.2 Å². The monoisotopic (exact) mass is 287 g/mol. The molecule has 2 rings (SSSR count). The molecule has 21 heavy (non-hydrogen) atoms. The molecule has 0 aromatic heterocycles. The van der Waals surface area contributed by atoms with Crippen LogP contribution in [0.5, 0.6) is 0 Å². The molecule has 0 aliphatic heterocycles. The molecule has 2 N–H and O–H groups in total. The van der Waals surface area contributed by atoms with E-state index in [0.29, 0.717) is 5.92 Å². The Balaban J connectivity index is 2.03. The normalized spacial score (nSPS) is 26.5. The van der Waals surface area contributed by atoms with Crippen molar-refractivity contribution in [3.05, 3.63) is 35.4 Å². The van der Waals surface area contributed by atoms with E-state index in [-0.39, 0.29) is 0 Å². The van der Waals surface area contributed by atoms with Crippen molar-refractivity contribution in [2.24, 2.45) is 29.4 Å². The minimum absolute atomic E-state index is 0.621. The van der Waals surface area contributed by atoms with Crippen molar-refractivity contribution in [1.82, 2.24) is 0 Å². The van der Waals surface area contributed by atoms with Crippen LogP contribution in [0.3, 0.4) is 0 Å². The Bertz CT molecular complexity index is 418. The van der Waals surface area contributed by atoms with Crippen molar-refractivity contribution in [1.29, 1.82) is 0 Å². The van der Waals surface area contributed by atoms with Gasteiger partial charge in [0.15, 0.2) is 0 Å². The fourth-order valence-electron chi connectivity index (χ4n) is 3.87. The average Bonchev–Trinajstić information content (AvgIpc) is 2.47. The Morgan fingerprint density at radius 3 is 2.19 bits per heavy atom. The third kappa shape index (κ3) is 4.32. The van der Waals surface area contributed by atoms with Gasteiger partial charge >= 0.3 is 0 Å². The topological polar surface area (TPSA) is 26.0 Å². The Morgan fingerprint density at radius 2 is 1.67 bits per heavy atom. The third-order valence-corrected chi connectivity index (χ3v) is 5.57. The van der Waals surface area contributed by atoms with Gasteiger partial charge in [0.05, 0.1) is 0 Å². The highest BCUT2D eigenvalue weighted by molar-refractivity contribution is 5.25. The Morgan fingerprint density at radius 1 is 1.00 bits per heavy atom. The molecule has 0 amide bonds. The quantitative estimate of drug-likeness (QED) is 0.810. The second kappa shape index (κ2) is 7.45. The second-order valence-corrected chi connectivity index (χ2v) is 7.67. The molecule has 1 aliphatic rings. The molecule has 1 aliphatic carbocycles. The van der Waals surface area contributed by atoms with Gasteiger partial charge in [0.2, 0.25) is 0 Å². The molecule has 1 saturated carbocycles. The number of hydrogen-bond acceptors (Lipinski definition) is 1. The van der Waals surface area contributed by atoms with Gasteiger partial charge in [-0.2, -0.15) is 0 Å². The maximum Gasteiger partial charge on any atom is -0.00461 e. The van der Waals surface area contributed by atoms with Crippen LogP contribution in [-0.2, 0) is 6.42 Å². The molecular weight excluding hydrogens is 254 g/mol. The van der Waals surface area contributed by atoms with Crippen LogP contribution in [0.4, 0.5) is 0 Å². The van der Waals surface area contributed by atoms with Gasteiger partial charge in [-0.05, 0) is 72.9 Å². The van der Waals surface area contributed by atoms with Crippen LogP contribution >= 0.6 is 0 Å². The molecule has 1 nitrogen and oxygen atoms in total. The van der Waals surface area contributed by atoms with Crippen molar-refractivity contribution in [2.45, 2.75) is 59.3 Å². The maximum atomic E-state index is 6.03. The Hall–Kier alpha value is -0.820. The standard InChI is InChI=1S/C20H33N/c1-14(2)17-7-5-16(6-8-17)11-20-12-18(15(3)4)9-10-19(20)13-21/h5-8,14-15,18-20H,9-13,21H2,1-4H3. The molecule has 0 radical (unpaired) electrons. The molecule has 0 bridgehead atoms. The predicted octanol–water partition coefficient (Wildman–Crippen LogP) is 5.00. The second-order valence-electron chi connectivity index (χ2n) is 7.67. The smallest absolute Gasteiger partial charge is 0.00461 e. The van der Waals surface area contributed by atoms with E-state index in [1.165, 1.54) is 36.8 Å². The molecule has 3 atom stereocenters. The van der Waals surface area contributed by atoms with E-state index < -0.39 is 0 Å². The van der Waals surface area contributed by atoms with Crippen molar-refractivity contribution in [2.75, 3.05) is 6.54 Å². The van der Waals surface area contributed by atoms with E-state index in [1.807, 2.05) is 0 Å². The van der Waals surface area contributed by atoms with E-state index in [9.17, 15) is 0 Å². The van der Waals surface area contributed by atoms with Gasteiger partial charge in [-0.1, -0.05) is 52.0 Å². The van der Waals surface area contributed by atoms with Crippen LogP contribution in [0, 0.1) is 23.7 Å². The zero-order chi connectivity index (χ0) is 15.4. The van der Waals surface area contributed by atoms with Gasteiger partial charge in [-0.15, -0.1) is 0 Å². The zero-order valence-corrected chi connectivity index (χ0v) is 14.3. The first-order chi connectivity index (χ1) is 10.0. The SMILES string of the molecule is CC(C)c1ccc(CC2CC(C(C)C)CCC2CN)cc1. The van der Waals surface area contributed by atoms with Crippen LogP contribution in [-0.4, -0.2) is 6.54 Å². The van der Waals surface area contributed by atoms with Crippen molar-refractivity contribution in [3.8, 4) is 0 Å². The summed E-state index contributed by atoms with van der Waals surface area (Å²) < 4.78 is 0. The number of nitrogens with two attached hydrogens (primary N) is 1. The first-order valence-electron chi connectivity index (χ1n) is 8.80. The summed E-state index contributed by atoms with van der Waals surface area (Å²) in [4.78, 5) is 0. The largest absolute Gasteiger partial charge is 0.330 e. The maximum absolute atomic E-state index is 6.03. The lowest BCUT2D eigenvalue weighted by atomic mass is 9.69. The fraction of sp³-hybridized carbons (Fsp3) is 0.700. The summed E-state index contributed by atoms with van der Waals surface area (Å²) in [5, 5.41) is 0. The summed E-state index contributed by atoms with van der Waals surface area (Å²) in [5.41, 5.74) is 8.97. The highest BCUT2D eigenvalue weighted by Gasteiger charge is 2.30. The molecule has 0 heterocycles. The summed E-state index contributed by atoms with van der Waals surface area (Å²) in [5.74, 6) is 3.84. The van der Waals surface area contributed by atoms with E-state index in [2.05, 4.69) is 52.0 Å². The molecule has 1 heteroatoms. The summed E-state index contributed by atoms with van der Waals surface area (Å²) in [6.45, 7) is 10.1. The summed E-state index contributed by atoms with van der Waals surface area (Å²) in [7, 11) is 0. The molecule has 1 fully saturated rings. The van der Waals surface area contributed by atoms with E-state index >= 15 is 0 Å². The van der Waals surface area contributed by atoms with E-state index in [1.54, 1.807) is 0 Å². The van der Waals surface area contributed by atoms with Gasteiger partial charge in [-0.3, -0.25) is 0 Å². The van der Waals surface area contributed by atoms with Crippen LogP contribution in [0.2, 0.25) is 0 Å². The summed E-state index contributed by atoms with van der Waals surface area (Å²) in [6.07, 6.45) is 5.28. The molecule has 118 valence electrons. The first kappa shape index (κ1) is 16.5. The number of rotatable bonds is 5. The zero-order valence-electron chi connectivity index (χ0n) is 14.3. The minimum atomic E-state index is 0.621. The molecular formula is C20H33N. The highest BCUT2D eigenvalue weighted by atomic mass is 14.6. The Kier molecular flexibility index (Phi) is 5.87. The van der Waals surface area contributed by atoms with Crippen LogP contribution in [0.1, 0.15) is 64.0 Å². The molecule has 1 aromatic rings. The van der Waals surface area contributed by atoms with Gasteiger partial charge in [-0.25, -0.2) is 0 Å². The van der Waals surface area contributed by atoms with Crippen LogP contribution in [0.25, 0.3) is 0 Å². The minimum Gasteiger partial charge on any atom is -0.330 e. The van der Waals surface area contributed by atoms with E-state index in [4.69, 9.17) is 5.73 Å². The van der Waals surface area contributed by atoms with Gasteiger partial charge in [0, 0.05) is 0 Å². The number of hydrogen-bond donors (Lipinski definition) is 1. The van der Waals surface area contributed by atoms with Crippen molar-refractivity contribution in [3.63, 3.8) is 0 Å². The first-order valence-corrected chi connectivity index (χ1v) is 8.80. The molecule has 1 aromatic carbocycles. The Labute approximate surface area is 131 Å². The fourth-order valence-corrected chi connectivity index (χ4v) is 3.87. The van der Waals surface area contributed by atoms with Crippen molar-refractivity contribution < 1.29 is 0 Å². The van der Waals surface area contributed by atoms with Crippen LogP contribution < -0.4 is 5.73 Å². The van der Waals surface area contributed by atoms with Gasteiger partial charge in [0.1, 0.15) is 0 Å².